The Labute approximate surface area is 180 Å². The van der Waals surface area contributed by atoms with Gasteiger partial charge in [0.15, 0.2) is 5.17 Å². The highest BCUT2D eigenvalue weighted by Crippen LogP contribution is 2.40. The van der Waals surface area contributed by atoms with Crippen molar-refractivity contribution in [2.75, 3.05) is 5.32 Å². The van der Waals surface area contributed by atoms with Crippen molar-refractivity contribution in [3.8, 4) is 0 Å². The average molecular weight is 446 g/mol. The predicted molar refractivity (Wildman–Crippen MR) is 119 cm³/mol. The molecule has 3 rings (SSSR count). The Bertz CT molecular complexity index is 1080. The summed E-state index contributed by atoms with van der Waals surface area (Å²) in [5.74, 6) is -0.475. The van der Waals surface area contributed by atoms with Gasteiger partial charge in [0.05, 0.1) is 9.83 Å². The fourth-order valence-electron chi connectivity index (χ4n) is 2.55. The molecule has 0 saturated carbocycles. The predicted octanol–water partition coefficient (Wildman–Crippen LogP) is 4.20. The van der Waals surface area contributed by atoms with E-state index in [9.17, 15) is 19.7 Å². The van der Waals surface area contributed by atoms with Gasteiger partial charge in [0.1, 0.15) is 5.69 Å². The van der Waals surface area contributed by atoms with E-state index in [0.29, 0.717) is 21.5 Å². The number of nitrogens with zero attached hydrogens (tertiary/aromatic N) is 3. The Morgan fingerprint density at radius 3 is 2.50 bits per heavy atom. The van der Waals surface area contributed by atoms with E-state index in [1.54, 1.807) is 30.3 Å². The van der Waals surface area contributed by atoms with Crippen molar-refractivity contribution in [3.63, 3.8) is 0 Å². The van der Waals surface area contributed by atoms with Crippen molar-refractivity contribution >= 4 is 62.0 Å². The zero-order chi connectivity index (χ0) is 22.1. The number of hydrogen-bond acceptors (Lipinski definition) is 8. The van der Waals surface area contributed by atoms with Gasteiger partial charge in [0.2, 0.25) is 11.0 Å². The molecule has 0 unspecified atom stereocenters. The van der Waals surface area contributed by atoms with Gasteiger partial charge < -0.3 is 10.6 Å². The number of nitro groups is 1. The summed E-state index contributed by atoms with van der Waals surface area (Å²) in [6.07, 6.45) is 1.70. The van der Waals surface area contributed by atoms with E-state index in [4.69, 9.17) is 0 Å². The van der Waals surface area contributed by atoms with E-state index in [2.05, 4.69) is 20.6 Å². The van der Waals surface area contributed by atoms with Crippen LogP contribution in [0.1, 0.15) is 39.0 Å². The van der Waals surface area contributed by atoms with Crippen LogP contribution in [0.3, 0.4) is 0 Å². The summed E-state index contributed by atoms with van der Waals surface area (Å²) >= 11 is 2.01. The van der Waals surface area contributed by atoms with Crippen LogP contribution in [-0.4, -0.2) is 26.9 Å². The molecule has 2 amide bonds. The fourth-order valence-corrected chi connectivity index (χ4v) is 4.40. The number of thiazole rings is 1. The highest BCUT2D eigenvalue weighted by atomic mass is 32.2. The van der Waals surface area contributed by atoms with E-state index >= 15 is 0 Å². The third kappa shape index (κ3) is 5.10. The number of amides is 2. The minimum Gasteiger partial charge on any atom is -0.326 e. The third-order valence-electron chi connectivity index (χ3n) is 3.85. The molecule has 9 nitrogen and oxygen atoms in total. The molecule has 1 fully saturated rings. The molecule has 2 N–H and O–H groups in total. The van der Waals surface area contributed by atoms with Crippen molar-refractivity contribution in [2.24, 2.45) is 4.99 Å². The normalized spacial score (nSPS) is 16.7. The van der Waals surface area contributed by atoms with Gasteiger partial charge in [-0.2, -0.15) is 4.99 Å². The Balaban J connectivity index is 1.82. The van der Waals surface area contributed by atoms with E-state index in [-0.39, 0.29) is 21.9 Å². The molecule has 2 aromatic rings. The zero-order valence-electron chi connectivity index (χ0n) is 16.7. The minimum absolute atomic E-state index is 0.0498. The molecule has 30 heavy (non-hydrogen) atoms. The smallest absolute Gasteiger partial charge is 0.326 e. The molecular formula is C19H19N5O4S2. The van der Waals surface area contributed by atoms with Gasteiger partial charge in [0.25, 0.3) is 5.91 Å². The summed E-state index contributed by atoms with van der Waals surface area (Å²) in [7, 11) is 0. The van der Waals surface area contributed by atoms with Gasteiger partial charge in [0, 0.05) is 18.0 Å². The number of aliphatic imine (C=N–C) groups is 1. The van der Waals surface area contributed by atoms with Gasteiger partial charge in [-0.15, -0.1) is 0 Å². The van der Waals surface area contributed by atoms with Crippen molar-refractivity contribution in [1.29, 1.82) is 0 Å². The number of carbonyl (C=O) groups is 2. The lowest BCUT2D eigenvalue weighted by Crippen LogP contribution is -2.19. The molecule has 1 aliphatic rings. The van der Waals surface area contributed by atoms with Crippen molar-refractivity contribution in [3.05, 3.63) is 50.5 Å². The zero-order valence-corrected chi connectivity index (χ0v) is 18.3. The summed E-state index contributed by atoms with van der Waals surface area (Å²) in [5, 5.41) is 17.1. The highest BCUT2D eigenvalue weighted by molar-refractivity contribution is 8.18. The number of thioether (sulfide) groups is 1. The lowest BCUT2D eigenvalue weighted by atomic mass is 9.93. The molecule has 0 aliphatic carbocycles. The maximum atomic E-state index is 12.3. The Hall–Kier alpha value is -3.05. The van der Waals surface area contributed by atoms with E-state index in [1.807, 2.05) is 20.8 Å². The second-order valence-electron chi connectivity index (χ2n) is 7.44. The highest BCUT2D eigenvalue weighted by Gasteiger charge is 2.31. The Morgan fingerprint density at radius 1 is 1.30 bits per heavy atom. The number of carbonyl (C=O) groups excluding carboxylic acids is 2. The van der Waals surface area contributed by atoms with Crippen LogP contribution in [0.15, 0.2) is 34.2 Å². The van der Waals surface area contributed by atoms with Crippen LogP contribution in [0.5, 0.6) is 0 Å². The lowest BCUT2D eigenvalue weighted by molar-refractivity contribution is -0.381. The minimum atomic E-state index is -0.502. The fraction of sp³-hybridized carbons (Fsp3) is 0.263. The van der Waals surface area contributed by atoms with Crippen LogP contribution in [-0.2, 0) is 15.0 Å². The standard InChI is InChI=1S/C19H19N5O4S2/c1-10(25)20-12-7-5-11(6-8-12)9-13-15(26)22-18(29-13)23-17-21-14(19(2,3)4)16(30-17)24(27)28/h5-9H,1-4H3,(H,20,25)(H,21,22,23,26)/b13-9-. The molecular weight excluding hydrogens is 426 g/mol. The molecule has 156 valence electrons. The van der Waals surface area contributed by atoms with E-state index in [0.717, 1.165) is 28.7 Å². The number of rotatable bonds is 4. The molecule has 0 bridgehead atoms. The van der Waals surface area contributed by atoms with Crippen molar-refractivity contribution < 1.29 is 14.5 Å². The summed E-state index contributed by atoms with van der Waals surface area (Å²) in [4.78, 5) is 43.2. The Morgan fingerprint density at radius 2 is 1.97 bits per heavy atom. The van der Waals surface area contributed by atoms with Gasteiger partial charge in [-0.1, -0.05) is 32.9 Å². The second kappa shape index (κ2) is 8.36. The first-order valence-corrected chi connectivity index (χ1v) is 10.5. The summed E-state index contributed by atoms with van der Waals surface area (Å²) < 4.78 is 0. The molecule has 1 aliphatic heterocycles. The van der Waals surface area contributed by atoms with Gasteiger partial charge >= 0.3 is 5.00 Å². The summed E-state index contributed by atoms with van der Waals surface area (Å²) in [6, 6.07) is 7.04. The first kappa shape index (κ1) is 21.7. The lowest BCUT2D eigenvalue weighted by Gasteiger charge is -2.13. The molecule has 0 atom stereocenters. The molecule has 1 aromatic heterocycles. The molecule has 1 aromatic carbocycles. The second-order valence-corrected chi connectivity index (χ2v) is 9.43. The molecule has 2 heterocycles. The van der Waals surface area contributed by atoms with Crippen molar-refractivity contribution in [2.45, 2.75) is 33.1 Å². The molecule has 0 spiro atoms. The number of anilines is 1. The third-order valence-corrected chi connectivity index (χ3v) is 5.66. The number of amidine groups is 1. The van der Waals surface area contributed by atoms with Crippen LogP contribution < -0.4 is 10.6 Å². The van der Waals surface area contributed by atoms with Crippen molar-refractivity contribution in [1.82, 2.24) is 10.3 Å². The largest absolute Gasteiger partial charge is 0.349 e. The monoisotopic (exact) mass is 445 g/mol. The number of benzene rings is 1. The first-order chi connectivity index (χ1) is 14.0. The average Bonchev–Trinajstić information content (AvgIpc) is 3.20. The van der Waals surface area contributed by atoms with E-state index in [1.165, 1.54) is 6.92 Å². The van der Waals surface area contributed by atoms with Crippen LogP contribution in [0.4, 0.5) is 15.8 Å². The number of aromatic nitrogens is 1. The Kier molecular flexibility index (Phi) is 6.04. The maximum Gasteiger partial charge on any atom is 0.349 e. The van der Waals surface area contributed by atoms with Crippen LogP contribution >= 0.6 is 23.1 Å². The first-order valence-electron chi connectivity index (χ1n) is 8.86. The van der Waals surface area contributed by atoms with Crippen LogP contribution in [0.25, 0.3) is 6.08 Å². The number of nitrogens with one attached hydrogen (secondary N) is 2. The molecule has 0 radical (unpaired) electrons. The summed E-state index contributed by atoms with van der Waals surface area (Å²) in [5.41, 5.74) is 1.30. The topological polar surface area (TPSA) is 127 Å². The quantitative estimate of drug-likeness (QED) is 0.413. The van der Waals surface area contributed by atoms with Crippen LogP contribution in [0.2, 0.25) is 0 Å². The van der Waals surface area contributed by atoms with Crippen LogP contribution in [0, 0.1) is 10.1 Å². The van der Waals surface area contributed by atoms with Gasteiger partial charge in [-0.3, -0.25) is 19.7 Å². The van der Waals surface area contributed by atoms with Gasteiger partial charge in [-0.05, 0) is 46.9 Å². The van der Waals surface area contributed by atoms with E-state index < -0.39 is 10.3 Å². The van der Waals surface area contributed by atoms with Gasteiger partial charge in [-0.25, -0.2) is 4.98 Å². The SMILES string of the molecule is CC(=O)Nc1ccc(/C=C2\SC(=Nc3nc(C(C)(C)C)c([N+](=O)[O-])s3)NC2=O)cc1. The summed E-state index contributed by atoms with van der Waals surface area (Å²) in [6.45, 7) is 6.96. The molecule has 11 heteroatoms. The maximum absolute atomic E-state index is 12.3. The molecule has 1 saturated heterocycles. The number of hydrogen-bond donors (Lipinski definition) is 2.